The van der Waals surface area contributed by atoms with Crippen molar-refractivity contribution in [3.05, 3.63) is 87.2 Å². The van der Waals surface area contributed by atoms with Gasteiger partial charge in [-0.3, -0.25) is 9.36 Å². The predicted octanol–water partition coefficient (Wildman–Crippen LogP) is 4.66. The molecule has 0 aliphatic carbocycles. The molecule has 0 bridgehead atoms. The monoisotopic (exact) mass is 443 g/mol. The van der Waals surface area contributed by atoms with Crippen molar-refractivity contribution in [1.82, 2.24) is 19.7 Å². The summed E-state index contributed by atoms with van der Waals surface area (Å²) in [6.45, 7) is 0. The van der Waals surface area contributed by atoms with Crippen molar-refractivity contribution in [2.75, 3.05) is 0 Å². The molecule has 150 valence electrons. The molecule has 0 fully saturated rings. The number of hydrogen-bond acceptors (Lipinski definition) is 8. The van der Waals surface area contributed by atoms with Gasteiger partial charge in [0.15, 0.2) is 5.16 Å². The minimum atomic E-state index is -0.178. The third kappa shape index (κ3) is 3.74. The van der Waals surface area contributed by atoms with E-state index in [0.29, 0.717) is 44.8 Å². The lowest BCUT2D eigenvalue weighted by Crippen LogP contribution is -2.21. The summed E-state index contributed by atoms with van der Waals surface area (Å²) in [5.74, 6) is 1.34. The Morgan fingerprint density at radius 1 is 1.10 bits per heavy atom. The molecule has 3 heterocycles. The third-order valence-electron chi connectivity index (χ3n) is 4.57. The highest BCUT2D eigenvalue weighted by molar-refractivity contribution is 7.98. The van der Waals surface area contributed by atoms with Crippen LogP contribution >= 0.6 is 23.1 Å². The second-order valence-corrected chi connectivity index (χ2v) is 8.25. The van der Waals surface area contributed by atoms with Crippen LogP contribution in [0.25, 0.3) is 28.0 Å². The van der Waals surface area contributed by atoms with Gasteiger partial charge in [0.1, 0.15) is 0 Å². The van der Waals surface area contributed by atoms with E-state index in [1.54, 1.807) is 46.2 Å². The third-order valence-corrected chi connectivity index (χ3v) is 6.18. The molecule has 7 nitrogen and oxygen atoms in total. The Morgan fingerprint density at radius 3 is 2.71 bits per heavy atom. The summed E-state index contributed by atoms with van der Waals surface area (Å²) in [5.41, 5.74) is 2.50. The van der Waals surface area contributed by atoms with E-state index >= 15 is 0 Å². The van der Waals surface area contributed by atoms with Gasteiger partial charge < -0.3 is 4.52 Å². The molecule has 0 aliphatic rings. The quantitative estimate of drug-likeness (QED) is 0.288. The number of hydrogen-bond donors (Lipinski definition) is 0. The molecule has 0 radical (unpaired) electrons. The summed E-state index contributed by atoms with van der Waals surface area (Å²) in [7, 11) is 0. The van der Waals surface area contributed by atoms with Gasteiger partial charge in [0, 0.05) is 10.9 Å². The van der Waals surface area contributed by atoms with Crippen LogP contribution in [-0.4, -0.2) is 19.7 Å². The number of aromatic nitrogens is 4. The molecule has 31 heavy (non-hydrogen) atoms. The second-order valence-electron chi connectivity index (χ2n) is 6.52. The standard InChI is InChI=1S/C22H13N5O2S2/c23-11-14-5-7-16(8-6-14)27-21(28)17-3-1-2-4-18(17)24-22(27)31-13-19-25-20(26-29-19)15-9-10-30-12-15/h1-10,12H,13H2. The Labute approximate surface area is 184 Å². The Kier molecular flexibility index (Phi) is 5.08. The largest absolute Gasteiger partial charge is 0.338 e. The molecule has 0 saturated carbocycles. The number of rotatable bonds is 5. The highest BCUT2D eigenvalue weighted by atomic mass is 32.2. The Balaban J connectivity index is 1.54. The van der Waals surface area contributed by atoms with Crippen molar-refractivity contribution in [2.45, 2.75) is 10.9 Å². The molecule has 0 atom stereocenters. The zero-order valence-corrected chi connectivity index (χ0v) is 17.6. The summed E-state index contributed by atoms with van der Waals surface area (Å²) in [6.07, 6.45) is 0. The minimum Gasteiger partial charge on any atom is -0.338 e. The van der Waals surface area contributed by atoms with Crippen LogP contribution in [0.4, 0.5) is 0 Å². The number of fused-ring (bicyclic) bond motifs is 1. The molecular formula is C22H13N5O2S2. The summed E-state index contributed by atoms with van der Waals surface area (Å²) < 4.78 is 6.92. The van der Waals surface area contributed by atoms with Crippen molar-refractivity contribution in [2.24, 2.45) is 0 Å². The lowest BCUT2D eigenvalue weighted by atomic mass is 10.2. The van der Waals surface area contributed by atoms with E-state index in [9.17, 15) is 4.79 Å². The van der Waals surface area contributed by atoms with Gasteiger partial charge in [-0.05, 0) is 47.8 Å². The molecule has 0 spiro atoms. The predicted molar refractivity (Wildman–Crippen MR) is 119 cm³/mol. The van der Waals surface area contributed by atoms with Gasteiger partial charge in [-0.2, -0.15) is 21.6 Å². The maximum absolute atomic E-state index is 13.3. The number of thiophene rings is 1. The van der Waals surface area contributed by atoms with Gasteiger partial charge in [0.05, 0.1) is 34.0 Å². The van der Waals surface area contributed by atoms with E-state index in [2.05, 4.69) is 16.2 Å². The maximum Gasteiger partial charge on any atom is 0.266 e. The molecule has 3 aromatic heterocycles. The average Bonchev–Trinajstić information content (AvgIpc) is 3.50. The summed E-state index contributed by atoms with van der Waals surface area (Å²) in [6, 6.07) is 18.1. The first-order valence-electron chi connectivity index (χ1n) is 9.23. The van der Waals surface area contributed by atoms with Gasteiger partial charge in [0.25, 0.3) is 5.56 Å². The van der Waals surface area contributed by atoms with Crippen molar-refractivity contribution >= 4 is 34.0 Å². The molecule has 0 amide bonds. The molecular weight excluding hydrogens is 430 g/mol. The number of thioether (sulfide) groups is 1. The van der Waals surface area contributed by atoms with Gasteiger partial charge in [-0.1, -0.05) is 29.1 Å². The van der Waals surface area contributed by atoms with Crippen LogP contribution in [0.3, 0.4) is 0 Å². The van der Waals surface area contributed by atoms with Crippen LogP contribution in [0.5, 0.6) is 0 Å². The molecule has 0 unspecified atom stereocenters. The van der Waals surface area contributed by atoms with E-state index in [1.165, 1.54) is 11.8 Å². The number of para-hydroxylation sites is 1. The van der Waals surface area contributed by atoms with Crippen LogP contribution in [0.1, 0.15) is 11.5 Å². The lowest BCUT2D eigenvalue weighted by Gasteiger charge is -2.12. The number of nitrogens with zero attached hydrogens (tertiary/aromatic N) is 5. The summed E-state index contributed by atoms with van der Waals surface area (Å²) in [5, 5.41) is 18.0. The van der Waals surface area contributed by atoms with E-state index in [0.717, 1.165) is 5.56 Å². The molecule has 5 aromatic rings. The highest BCUT2D eigenvalue weighted by Gasteiger charge is 2.16. The molecule has 0 aliphatic heterocycles. The first kappa shape index (κ1) is 19.2. The number of nitriles is 1. The first-order valence-corrected chi connectivity index (χ1v) is 11.2. The zero-order valence-electron chi connectivity index (χ0n) is 15.9. The molecule has 0 saturated heterocycles. The average molecular weight is 444 g/mol. The summed E-state index contributed by atoms with van der Waals surface area (Å²) >= 11 is 2.90. The smallest absolute Gasteiger partial charge is 0.266 e. The molecule has 9 heteroatoms. The minimum absolute atomic E-state index is 0.178. The van der Waals surface area contributed by atoms with E-state index in [-0.39, 0.29) is 5.56 Å². The Morgan fingerprint density at radius 2 is 1.94 bits per heavy atom. The fourth-order valence-corrected chi connectivity index (χ4v) is 4.56. The fourth-order valence-electron chi connectivity index (χ4n) is 3.07. The van der Waals surface area contributed by atoms with Crippen LogP contribution in [0.15, 0.2) is 79.8 Å². The highest BCUT2D eigenvalue weighted by Crippen LogP contribution is 2.26. The van der Waals surface area contributed by atoms with Crippen LogP contribution in [-0.2, 0) is 5.75 Å². The van der Waals surface area contributed by atoms with Crippen LogP contribution < -0.4 is 5.56 Å². The normalized spacial score (nSPS) is 10.9. The van der Waals surface area contributed by atoms with Gasteiger partial charge in [0.2, 0.25) is 11.7 Å². The van der Waals surface area contributed by atoms with Gasteiger partial charge >= 0.3 is 0 Å². The Bertz CT molecular complexity index is 1460. The number of benzene rings is 2. The van der Waals surface area contributed by atoms with E-state index in [4.69, 9.17) is 14.8 Å². The van der Waals surface area contributed by atoms with E-state index < -0.39 is 0 Å². The second kappa shape index (κ2) is 8.18. The SMILES string of the molecule is N#Cc1ccc(-n2c(SCc3nc(-c4ccsc4)no3)nc3ccccc3c2=O)cc1. The van der Waals surface area contributed by atoms with Crippen LogP contribution in [0.2, 0.25) is 0 Å². The van der Waals surface area contributed by atoms with Crippen molar-refractivity contribution in [1.29, 1.82) is 5.26 Å². The molecule has 5 rings (SSSR count). The molecule has 2 aromatic carbocycles. The molecule has 0 N–H and O–H groups in total. The topological polar surface area (TPSA) is 97.6 Å². The van der Waals surface area contributed by atoms with Crippen molar-refractivity contribution in [3.63, 3.8) is 0 Å². The first-order chi connectivity index (χ1) is 15.2. The fraction of sp³-hybridized carbons (Fsp3) is 0.0455. The summed E-state index contributed by atoms with van der Waals surface area (Å²) in [4.78, 5) is 22.4. The maximum atomic E-state index is 13.3. The van der Waals surface area contributed by atoms with Crippen LogP contribution in [0, 0.1) is 11.3 Å². The van der Waals surface area contributed by atoms with E-state index in [1.807, 2.05) is 35.0 Å². The van der Waals surface area contributed by atoms with Gasteiger partial charge in [-0.15, -0.1) is 0 Å². The van der Waals surface area contributed by atoms with Crippen molar-refractivity contribution < 1.29 is 4.52 Å². The lowest BCUT2D eigenvalue weighted by molar-refractivity contribution is 0.391. The zero-order chi connectivity index (χ0) is 21.2. The van der Waals surface area contributed by atoms with Gasteiger partial charge in [-0.25, -0.2) is 4.98 Å². The Hall–Kier alpha value is -3.74. The van der Waals surface area contributed by atoms with Crippen molar-refractivity contribution in [3.8, 4) is 23.1 Å².